The first-order chi connectivity index (χ1) is 20.1. The molecular weight excluding hydrogens is 582 g/mol. The number of rotatable bonds is 9. The summed E-state index contributed by atoms with van der Waals surface area (Å²) in [5.74, 6) is -2.02. The molecule has 6 rings (SSSR count). The highest BCUT2D eigenvalue weighted by atomic mass is 32.2. The average molecular weight is 611 g/mol. The second-order valence-corrected chi connectivity index (χ2v) is 13.2. The van der Waals surface area contributed by atoms with E-state index in [9.17, 15) is 22.7 Å². The van der Waals surface area contributed by atoms with E-state index in [1.54, 1.807) is 16.8 Å². The third-order valence-electron chi connectivity index (χ3n) is 7.72. The Morgan fingerprint density at radius 3 is 2.57 bits per heavy atom. The molecule has 42 heavy (non-hydrogen) atoms. The van der Waals surface area contributed by atoms with Gasteiger partial charge in [-0.3, -0.25) is 0 Å². The van der Waals surface area contributed by atoms with Gasteiger partial charge in [-0.15, -0.1) is 11.3 Å². The SMILES string of the molecule is NS(=O)(=O)c1ccc(Cc2c(-c3ccc(F)c(C4=CCCCC4)c3)nn(-c3nc(C(=O)O)cs3)c2CC2CC2)cc1F. The summed E-state index contributed by atoms with van der Waals surface area (Å²) in [6, 6.07) is 8.69. The summed E-state index contributed by atoms with van der Waals surface area (Å²) in [7, 11) is -4.23. The van der Waals surface area contributed by atoms with Crippen molar-refractivity contribution in [2.24, 2.45) is 11.1 Å². The smallest absolute Gasteiger partial charge is 0.355 e. The second kappa shape index (κ2) is 11.2. The van der Waals surface area contributed by atoms with Gasteiger partial charge in [0.2, 0.25) is 15.2 Å². The van der Waals surface area contributed by atoms with Gasteiger partial charge < -0.3 is 5.11 Å². The first kappa shape index (κ1) is 28.4. The molecule has 2 aromatic carbocycles. The lowest BCUT2D eigenvalue weighted by Crippen LogP contribution is -2.14. The van der Waals surface area contributed by atoms with Crippen LogP contribution in [0.25, 0.3) is 22.0 Å². The van der Waals surface area contributed by atoms with Crippen molar-refractivity contribution in [1.29, 1.82) is 0 Å². The Kier molecular flexibility index (Phi) is 7.54. The van der Waals surface area contributed by atoms with E-state index in [1.165, 1.54) is 17.5 Å². The van der Waals surface area contributed by atoms with Gasteiger partial charge in [0, 0.05) is 28.5 Å². The van der Waals surface area contributed by atoms with Crippen LogP contribution >= 0.6 is 11.3 Å². The third-order valence-corrected chi connectivity index (χ3v) is 9.48. The van der Waals surface area contributed by atoms with Crippen molar-refractivity contribution < 1.29 is 27.1 Å². The molecule has 0 aliphatic heterocycles. The zero-order valence-electron chi connectivity index (χ0n) is 22.5. The van der Waals surface area contributed by atoms with Crippen LogP contribution < -0.4 is 5.14 Å². The van der Waals surface area contributed by atoms with Gasteiger partial charge in [0.25, 0.3) is 0 Å². The molecular formula is C30H28F2N4O4S2. The first-order valence-electron chi connectivity index (χ1n) is 13.7. The number of benzene rings is 2. The van der Waals surface area contributed by atoms with Gasteiger partial charge in [0.1, 0.15) is 16.5 Å². The summed E-state index contributed by atoms with van der Waals surface area (Å²) in [4.78, 5) is 15.3. The average Bonchev–Trinajstić information content (AvgIpc) is 3.51. The number of carbonyl (C=O) groups is 1. The van der Waals surface area contributed by atoms with Crippen LogP contribution in [-0.4, -0.2) is 34.3 Å². The number of sulfonamides is 1. The van der Waals surface area contributed by atoms with Gasteiger partial charge in [-0.2, -0.15) is 5.10 Å². The summed E-state index contributed by atoms with van der Waals surface area (Å²) in [6.07, 6.45) is 8.70. The highest BCUT2D eigenvalue weighted by Gasteiger charge is 2.30. The van der Waals surface area contributed by atoms with Gasteiger partial charge in [-0.1, -0.05) is 12.1 Å². The predicted molar refractivity (Wildman–Crippen MR) is 155 cm³/mol. The molecule has 0 amide bonds. The topological polar surface area (TPSA) is 128 Å². The van der Waals surface area contributed by atoms with Crippen molar-refractivity contribution in [3.05, 3.63) is 87.6 Å². The maximum Gasteiger partial charge on any atom is 0.355 e. The number of aromatic carboxylic acids is 1. The highest BCUT2D eigenvalue weighted by Crippen LogP contribution is 2.39. The van der Waals surface area contributed by atoms with Crippen LogP contribution in [0, 0.1) is 17.6 Å². The summed E-state index contributed by atoms with van der Waals surface area (Å²) in [5, 5.41) is 21.4. The third kappa shape index (κ3) is 5.79. The fourth-order valence-electron chi connectivity index (χ4n) is 5.42. The predicted octanol–water partition coefficient (Wildman–Crippen LogP) is 6.12. The maximum absolute atomic E-state index is 15.1. The Morgan fingerprint density at radius 2 is 1.93 bits per heavy atom. The van der Waals surface area contributed by atoms with Crippen molar-refractivity contribution in [2.45, 2.75) is 56.3 Å². The number of thiazole rings is 1. The molecule has 3 N–H and O–H groups in total. The van der Waals surface area contributed by atoms with Crippen LogP contribution in [0.4, 0.5) is 8.78 Å². The van der Waals surface area contributed by atoms with Crippen molar-refractivity contribution in [3.8, 4) is 16.4 Å². The van der Waals surface area contributed by atoms with E-state index < -0.39 is 26.7 Å². The van der Waals surface area contributed by atoms with E-state index in [-0.39, 0.29) is 17.9 Å². The van der Waals surface area contributed by atoms with Crippen LogP contribution in [0.3, 0.4) is 0 Å². The van der Waals surface area contributed by atoms with E-state index in [1.807, 2.05) is 0 Å². The van der Waals surface area contributed by atoms with E-state index in [2.05, 4.69) is 11.1 Å². The summed E-state index contributed by atoms with van der Waals surface area (Å²) < 4.78 is 55.1. The molecule has 8 nitrogen and oxygen atoms in total. The number of halogens is 2. The molecule has 0 bridgehead atoms. The van der Waals surface area contributed by atoms with Crippen LogP contribution in [0.5, 0.6) is 0 Å². The quantitative estimate of drug-likeness (QED) is 0.235. The molecule has 2 aliphatic carbocycles. The number of nitrogens with two attached hydrogens (primary N) is 1. The summed E-state index contributed by atoms with van der Waals surface area (Å²) >= 11 is 1.15. The monoisotopic (exact) mass is 610 g/mol. The molecule has 1 fully saturated rings. The molecule has 12 heteroatoms. The van der Waals surface area contributed by atoms with E-state index in [0.717, 1.165) is 78.8 Å². The van der Waals surface area contributed by atoms with Gasteiger partial charge >= 0.3 is 5.97 Å². The van der Waals surface area contributed by atoms with Crippen LogP contribution in [0.1, 0.15) is 71.4 Å². The van der Waals surface area contributed by atoms with E-state index in [0.29, 0.717) is 39.9 Å². The van der Waals surface area contributed by atoms with Crippen LogP contribution in [0.2, 0.25) is 0 Å². The molecule has 2 aromatic heterocycles. The molecule has 0 spiro atoms. The Morgan fingerprint density at radius 1 is 1.12 bits per heavy atom. The second-order valence-electron chi connectivity index (χ2n) is 10.8. The zero-order valence-corrected chi connectivity index (χ0v) is 24.1. The molecule has 4 aromatic rings. The number of nitrogens with zero attached hydrogens (tertiary/aromatic N) is 3. The maximum atomic E-state index is 15.1. The number of hydrogen-bond acceptors (Lipinski definition) is 6. The Balaban J connectivity index is 1.53. The molecule has 1 saturated carbocycles. The number of allylic oxidation sites excluding steroid dienone is 2. The number of carboxylic acids is 1. The van der Waals surface area contributed by atoms with Crippen molar-refractivity contribution >= 4 is 32.9 Å². The fourth-order valence-corrected chi connectivity index (χ4v) is 6.78. The molecule has 0 radical (unpaired) electrons. The largest absolute Gasteiger partial charge is 0.476 e. The molecule has 2 aliphatic rings. The Bertz CT molecular complexity index is 1840. The minimum absolute atomic E-state index is 0.0973. The van der Waals surface area contributed by atoms with Crippen LogP contribution in [0.15, 0.2) is 52.7 Å². The van der Waals surface area contributed by atoms with Gasteiger partial charge in [0.15, 0.2) is 5.69 Å². The molecule has 218 valence electrons. The lowest BCUT2D eigenvalue weighted by molar-refractivity contribution is 0.0691. The van der Waals surface area contributed by atoms with E-state index >= 15 is 4.39 Å². The van der Waals surface area contributed by atoms with Crippen molar-refractivity contribution in [2.75, 3.05) is 0 Å². The number of aromatic nitrogens is 3. The number of hydrogen-bond donors (Lipinski definition) is 2. The number of carboxylic acid groups (broad SMARTS) is 1. The van der Waals surface area contributed by atoms with Gasteiger partial charge in [0.05, 0.1) is 11.4 Å². The first-order valence-corrected chi connectivity index (χ1v) is 16.1. The number of primary sulfonamides is 1. The summed E-state index contributed by atoms with van der Waals surface area (Å²) in [5.41, 5.74) is 4.64. The highest BCUT2D eigenvalue weighted by molar-refractivity contribution is 7.89. The zero-order chi connectivity index (χ0) is 29.6. The minimum Gasteiger partial charge on any atom is -0.476 e. The Labute approximate surface area is 245 Å². The normalized spacial score (nSPS) is 15.5. The van der Waals surface area contributed by atoms with Crippen molar-refractivity contribution in [1.82, 2.24) is 14.8 Å². The summed E-state index contributed by atoms with van der Waals surface area (Å²) in [6.45, 7) is 0. The standard InChI is InChI=1S/C30H28F2N4O4S2/c31-23-10-9-20(15-21(23)19-4-2-1-3-5-19)28-22(12-18-8-11-27(24(32)13-18)42(33,39)40)26(14-17-6-7-17)36(35-28)30-34-25(16-41-30)29(37)38/h4,8-11,13,15-17H,1-3,5-7,12,14H2,(H,37,38)(H2,33,39,40). The lowest BCUT2D eigenvalue weighted by Gasteiger charge is -2.15. The van der Waals surface area contributed by atoms with Crippen molar-refractivity contribution in [3.63, 3.8) is 0 Å². The van der Waals surface area contributed by atoms with Gasteiger partial charge in [-0.25, -0.2) is 36.8 Å². The van der Waals surface area contributed by atoms with E-state index in [4.69, 9.17) is 10.2 Å². The molecule has 2 heterocycles. The van der Waals surface area contributed by atoms with Gasteiger partial charge in [-0.05, 0) is 92.3 Å². The molecule has 0 atom stereocenters. The Hall–Kier alpha value is -3.74. The lowest BCUT2D eigenvalue weighted by atomic mass is 9.91. The molecule has 0 unspecified atom stereocenters. The fraction of sp³-hybridized carbons (Fsp3) is 0.300. The minimum atomic E-state index is -4.23. The van der Waals surface area contributed by atoms with Crippen LogP contribution in [-0.2, 0) is 22.9 Å². The molecule has 0 saturated heterocycles.